The molecule has 256 valence electrons. The van der Waals surface area contributed by atoms with E-state index in [-0.39, 0.29) is 23.8 Å². The largest absolute Gasteiger partial charge is 0.359 e. The summed E-state index contributed by atoms with van der Waals surface area (Å²) in [4.78, 5) is 49.2. The van der Waals surface area contributed by atoms with E-state index in [2.05, 4.69) is 58.5 Å². The number of carbonyl (C=O) groups excluding carboxylic acids is 3. The smallest absolute Gasteiger partial charge is 0.246 e. The van der Waals surface area contributed by atoms with E-state index >= 15 is 0 Å². The highest BCUT2D eigenvalue weighted by atomic mass is 35.5. The van der Waals surface area contributed by atoms with E-state index in [1.807, 2.05) is 18.2 Å². The Labute approximate surface area is 289 Å². The molecule has 8 atom stereocenters. The maximum Gasteiger partial charge on any atom is 0.246 e. The Balaban J connectivity index is 1.06. The number of anilines is 1. The van der Waals surface area contributed by atoms with E-state index in [0.717, 1.165) is 65.0 Å². The van der Waals surface area contributed by atoms with Crippen LogP contribution in [0.3, 0.4) is 0 Å². The molecule has 1 aliphatic carbocycles. The van der Waals surface area contributed by atoms with Gasteiger partial charge in [0.2, 0.25) is 17.7 Å². The molecule has 1 spiro atoms. The predicted octanol–water partition coefficient (Wildman–Crippen LogP) is 4.58. The number of fused-ring (bicyclic) bond motifs is 1. The Hall–Kier alpha value is -3.24. The summed E-state index contributed by atoms with van der Waals surface area (Å²) in [7, 11) is 0. The Bertz CT molecular complexity index is 1530. The highest BCUT2D eigenvalue weighted by molar-refractivity contribution is 6.30. The van der Waals surface area contributed by atoms with Crippen molar-refractivity contribution in [2.75, 3.05) is 44.6 Å². The lowest BCUT2D eigenvalue weighted by Crippen LogP contribution is -2.58. The molecule has 3 saturated heterocycles. The van der Waals surface area contributed by atoms with Crippen molar-refractivity contribution in [2.24, 2.45) is 23.7 Å². The number of benzene rings is 2. The van der Waals surface area contributed by atoms with Crippen molar-refractivity contribution >= 4 is 35.0 Å². The van der Waals surface area contributed by atoms with Crippen molar-refractivity contribution in [2.45, 2.75) is 69.9 Å². The fraction of sp³-hybridized carbons (Fsp3) is 0.553. The highest BCUT2D eigenvalue weighted by Gasteiger charge is 2.72. The topological polar surface area (TPSA) is 94.2 Å². The highest BCUT2D eigenvalue weighted by Crippen LogP contribution is 2.55. The molecule has 3 amide bonds. The number of nitrogens with one attached hydrogen (secondary N) is 2. The van der Waals surface area contributed by atoms with Gasteiger partial charge < -0.3 is 25.2 Å². The lowest BCUT2D eigenvalue weighted by atomic mass is 9.73. The van der Waals surface area contributed by atoms with Crippen LogP contribution in [-0.4, -0.2) is 95.5 Å². The predicted molar refractivity (Wildman–Crippen MR) is 186 cm³/mol. The minimum atomic E-state index is -1.17. The van der Waals surface area contributed by atoms with Gasteiger partial charge in [-0.2, -0.15) is 0 Å². The molecule has 7 rings (SSSR count). The van der Waals surface area contributed by atoms with Gasteiger partial charge in [-0.25, -0.2) is 0 Å². The molecule has 5 aliphatic rings. The molecule has 0 aromatic heterocycles. The Morgan fingerprint density at radius 3 is 2.50 bits per heavy atom. The second-order valence-corrected chi connectivity index (χ2v) is 15.0. The maximum absolute atomic E-state index is 14.4. The first kappa shape index (κ1) is 33.3. The van der Waals surface area contributed by atoms with E-state index in [0.29, 0.717) is 29.1 Å². The van der Waals surface area contributed by atoms with Gasteiger partial charge >= 0.3 is 0 Å². The molecule has 48 heavy (non-hydrogen) atoms. The lowest BCUT2D eigenvalue weighted by molar-refractivity contribution is -0.141. The molecule has 4 heterocycles. The fourth-order valence-electron chi connectivity index (χ4n) is 8.82. The van der Waals surface area contributed by atoms with E-state index in [9.17, 15) is 14.4 Å². The molecular weight excluding hydrogens is 626 g/mol. The van der Waals surface area contributed by atoms with Crippen LogP contribution in [0.2, 0.25) is 5.02 Å². The number of hydrogen-bond acceptors (Lipinski definition) is 6. The van der Waals surface area contributed by atoms with Crippen LogP contribution in [0.15, 0.2) is 66.7 Å². The van der Waals surface area contributed by atoms with Gasteiger partial charge in [0.1, 0.15) is 11.6 Å². The van der Waals surface area contributed by atoms with Crippen LogP contribution in [0.4, 0.5) is 5.69 Å². The van der Waals surface area contributed by atoms with Crippen LogP contribution in [0.25, 0.3) is 0 Å². The average molecular weight is 674 g/mol. The van der Waals surface area contributed by atoms with Crippen LogP contribution in [0.1, 0.15) is 45.1 Å². The first-order valence-corrected chi connectivity index (χ1v) is 18.1. The molecule has 6 unspecified atom stereocenters. The zero-order chi connectivity index (χ0) is 33.4. The van der Waals surface area contributed by atoms with Gasteiger partial charge in [-0.1, -0.05) is 86.8 Å². The van der Waals surface area contributed by atoms with Gasteiger partial charge in [-0.3, -0.25) is 19.3 Å². The summed E-state index contributed by atoms with van der Waals surface area (Å²) >= 11 is 6.18. The summed E-state index contributed by atoms with van der Waals surface area (Å²) in [6, 6.07) is 16.8. The summed E-state index contributed by atoms with van der Waals surface area (Å²) in [5.41, 5.74) is 0.721. The summed E-state index contributed by atoms with van der Waals surface area (Å²) in [6.07, 6.45) is 7.08. The average Bonchev–Trinajstić information content (AvgIpc) is 3.72. The standard InChI is InChI=1S/C38H48ClN5O4/c1-25-9-6-14-30(26(25)2)41-36(46)34-38-16-15-31(48-38)32(35(45)40-29-13-7-12-28(39)23-29)33(38)37(47)44(34)18-8-17-42-19-21-43(22-20-42)24-27-10-4-3-5-11-27/h3-5,7,10-13,15-16,23,25-26,30-34H,6,8-9,14,17-22,24H2,1-2H3,(H,40,45)(H,41,46)/t25?,26?,30?,31-,32?,33-,34?,38?/m1/s1. The van der Waals surface area contributed by atoms with Crippen molar-refractivity contribution in [3.8, 4) is 0 Å². The van der Waals surface area contributed by atoms with Gasteiger partial charge in [-0.05, 0) is 55.0 Å². The normalized spacial score (nSPS) is 33.2. The third-order valence-electron chi connectivity index (χ3n) is 11.6. The van der Waals surface area contributed by atoms with Crippen molar-refractivity contribution < 1.29 is 19.1 Å². The maximum atomic E-state index is 14.4. The van der Waals surface area contributed by atoms with Crippen LogP contribution >= 0.6 is 11.6 Å². The van der Waals surface area contributed by atoms with Crippen LogP contribution < -0.4 is 10.6 Å². The van der Waals surface area contributed by atoms with Crippen molar-refractivity contribution in [3.63, 3.8) is 0 Å². The van der Waals surface area contributed by atoms with Crippen molar-refractivity contribution in [1.82, 2.24) is 20.0 Å². The number of carbonyl (C=O) groups is 3. The molecule has 1 saturated carbocycles. The van der Waals surface area contributed by atoms with Gasteiger partial charge in [0.05, 0.1) is 17.9 Å². The fourth-order valence-corrected chi connectivity index (χ4v) is 9.01. The first-order valence-electron chi connectivity index (χ1n) is 17.8. The molecule has 2 bridgehead atoms. The van der Waals surface area contributed by atoms with Crippen molar-refractivity contribution in [3.05, 3.63) is 77.3 Å². The number of piperazine rings is 1. The van der Waals surface area contributed by atoms with Crippen LogP contribution in [-0.2, 0) is 25.7 Å². The molecule has 10 heteroatoms. The van der Waals surface area contributed by atoms with Crippen LogP contribution in [0, 0.1) is 23.7 Å². The van der Waals surface area contributed by atoms with E-state index in [4.69, 9.17) is 16.3 Å². The molecule has 2 N–H and O–H groups in total. The molecule has 4 fully saturated rings. The number of amides is 3. The second kappa shape index (κ2) is 13.9. The minimum absolute atomic E-state index is 0.0466. The zero-order valence-corrected chi connectivity index (χ0v) is 28.8. The van der Waals surface area contributed by atoms with E-state index in [1.54, 1.807) is 29.2 Å². The zero-order valence-electron chi connectivity index (χ0n) is 28.0. The quantitative estimate of drug-likeness (QED) is 0.359. The van der Waals surface area contributed by atoms with E-state index in [1.165, 1.54) is 5.56 Å². The minimum Gasteiger partial charge on any atom is -0.359 e. The monoisotopic (exact) mass is 673 g/mol. The number of nitrogens with zero attached hydrogens (tertiary/aromatic N) is 3. The summed E-state index contributed by atoms with van der Waals surface area (Å²) in [6.45, 7) is 10.6. The SMILES string of the molecule is CC1CCCC(NC(=O)C2N(CCCN3CCN(Cc4ccccc4)CC3)C(=O)[C@H]3C(C(=O)Nc4cccc(Cl)c4)[C@H]4C=CC23O4)C1C. The summed E-state index contributed by atoms with van der Waals surface area (Å²) in [5, 5.41) is 6.83. The van der Waals surface area contributed by atoms with E-state index < -0.39 is 29.6 Å². The molecular formula is C38H48ClN5O4. The number of hydrogen-bond donors (Lipinski definition) is 2. The molecule has 4 aliphatic heterocycles. The molecule has 0 radical (unpaired) electrons. The third kappa shape index (κ3) is 6.42. The second-order valence-electron chi connectivity index (χ2n) is 14.6. The Morgan fingerprint density at radius 2 is 1.73 bits per heavy atom. The number of likely N-dealkylation sites (tertiary alicyclic amines) is 1. The van der Waals surface area contributed by atoms with Gasteiger partial charge in [0.15, 0.2) is 0 Å². The lowest BCUT2D eigenvalue weighted by Gasteiger charge is -2.38. The number of ether oxygens (including phenoxy) is 1. The summed E-state index contributed by atoms with van der Waals surface area (Å²) < 4.78 is 6.57. The van der Waals surface area contributed by atoms with Gasteiger partial charge in [0, 0.05) is 56.0 Å². The van der Waals surface area contributed by atoms with Crippen LogP contribution in [0.5, 0.6) is 0 Å². The Kier molecular flexibility index (Phi) is 9.66. The van der Waals surface area contributed by atoms with Gasteiger partial charge in [-0.15, -0.1) is 0 Å². The third-order valence-corrected chi connectivity index (χ3v) is 11.9. The number of halogens is 1. The Morgan fingerprint density at radius 1 is 0.958 bits per heavy atom. The molecule has 9 nitrogen and oxygen atoms in total. The number of rotatable bonds is 10. The molecule has 2 aromatic rings. The van der Waals surface area contributed by atoms with Crippen molar-refractivity contribution in [1.29, 1.82) is 0 Å². The molecule has 2 aromatic carbocycles. The first-order chi connectivity index (χ1) is 23.2. The summed E-state index contributed by atoms with van der Waals surface area (Å²) in [5.74, 6) is -1.30. The van der Waals surface area contributed by atoms with Gasteiger partial charge in [0.25, 0.3) is 0 Å².